The first kappa shape index (κ1) is 9.91. The molecular weight excluding hydrogens is 150 g/mol. The SMILES string of the molecule is CCC(C)(C)NS(C)(=O)=O. The Balaban J connectivity index is 4.16. The van der Waals surface area contributed by atoms with E-state index in [1.54, 1.807) is 0 Å². The second-order valence-electron chi connectivity index (χ2n) is 3.11. The Morgan fingerprint density at radius 1 is 1.40 bits per heavy atom. The molecule has 0 saturated carbocycles. The minimum absolute atomic E-state index is 0.312. The van der Waals surface area contributed by atoms with Crippen LogP contribution in [0.4, 0.5) is 0 Å². The van der Waals surface area contributed by atoms with Crippen LogP contribution < -0.4 is 4.72 Å². The minimum atomic E-state index is -3.04. The maximum atomic E-state index is 10.7. The molecule has 0 spiro atoms. The monoisotopic (exact) mass is 165 g/mol. The van der Waals surface area contributed by atoms with Crippen LogP contribution in [-0.4, -0.2) is 20.2 Å². The molecule has 0 aliphatic heterocycles. The first-order valence-corrected chi connectivity index (χ1v) is 5.15. The van der Waals surface area contributed by atoms with E-state index in [9.17, 15) is 8.42 Å². The van der Waals surface area contributed by atoms with E-state index in [1.165, 1.54) is 6.26 Å². The van der Waals surface area contributed by atoms with Crippen molar-refractivity contribution in [1.82, 2.24) is 4.72 Å². The summed E-state index contributed by atoms with van der Waals surface area (Å²) in [5.74, 6) is 0. The van der Waals surface area contributed by atoms with E-state index in [0.29, 0.717) is 0 Å². The van der Waals surface area contributed by atoms with E-state index in [1.807, 2.05) is 20.8 Å². The highest BCUT2D eigenvalue weighted by Crippen LogP contribution is 2.07. The molecule has 0 aromatic rings. The molecule has 0 radical (unpaired) electrons. The van der Waals surface area contributed by atoms with E-state index >= 15 is 0 Å². The maximum absolute atomic E-state index is 10.7. The third kappa shape index (κ3) is 4.76. The van der Waals surface area contributed by atoms with E-state index in [0.717, 1.165) is 6.42 Å². The molecule has 0 fully saturated rings. The molecular formula is C6H15NO2S. The van der Waals surface area contributed by atoms with Crippen LogP contribution in [0.25, 0.3) is 0 Å². The van der Waals surface area contributed by atoms with E-state index < -0.39 is 10.0 Å². The van der Waals surface area contributed by atoms with E-state index in [2.05, 4.69) is 4.72 Å². The summed E-state index contributed by atoms with van der Waals surface area (Å²) in [4.78, 5) is 0. The van der Waals surface area contributed by atoms with Crippen molar-refractivity contribution >= 4 is 10.0 Å². The Bertz CT molecular complexity index is 194. The van der Waals surface area contributed by atoms with Crippen molar-refractivity contribution in [2.45, 2.75) is 32.7 Å². The molecule has 0 bridgehead atoms. The van der Waals surface area contributed by atoms with Gasteiger partial charge >= 0.3 is 0 Å². The third-order valence-electron chi connectivity index (χ3n) is 1.35. The highest BCUT2D eigenvalue weighted by atomic mass is 32.2. The molecule has 0 saturated heterocycles. The fourth-order valence-electron chi connectivity index (χ4n) is 0.574. The normalized spacial score (nSPS) is 13.6. The first-order chi connectivity index (χ1) is 4.27. The molecule has 4 heteroatoms. The van der Waals surface area contributed by atoms with Gasteiger partial charge < -0.3 is 0 Å². The summed E-state index contributed by atoms with van der Waals surface area (Å²) < 4.78 is 23.9. The standard InChI is InChI=1S/C6H15NO2S/c1-5-6(2,3)7-10(4,8)9/h7H,5H2,1-4H3. The average Bonchev–Trinajstić information content (AvgIpc) is 1.60. The molecule has 3 nitrogen and oxygen atoms in total. The lowest BCUT2D eigenvalue weighted by Crippen LogP contribution is -2.41. The molecule has 0 amide bonds. The van der Waals surface area contributed by atoms with Gasteiger partial charge in [0.15, 0.2) is 0 Å². The van der Waals surface area contributed by atoms with Crippen LogP contribution in [0.1, 0.15) is 27.2 Å². The van der Waals surface area contributed by atoms with Gasteiger partial charge in [0.05, 0.1) is 6.26 Å². The van der Waals surface area contributed by atoms with Crippen molar-refractivity contribution in [3.63, 3.8) is 0 Å². The fourth-order valence-corrected chi connectivity index (χ4v) is 1.72. The van der Waals surface area contributed by atoms with Crippen molar-refractivity contribution in [2.75, 3.05) is 6.26 Å². The molecule has 0 rings (SSSR count). The van der Waals surface area contributed by atoms with Gasteiger partial charge in [0, 0.05) is 5.54 Å². The first-order valence-electron chi connectivity index (χ1n) is 3.26. The van der Waals surface area contributed by atoms with Gasteiger partial charge in [0.1, 0.15) is 0 Å². The number of nitrogens with one attached hydrogen (secondary N) is 1. The lowest BCUT2D eigenvalue weighted by Gasteiger charge is -2.22. The number of rotatable bonds is 3. The highest BCUT2D eigenvalue weighted by Gasteiger charge is 2.18. The quantitative estimate of drug-likeness (QED) is 0.670. The molecule has 62 valence electrons. The topological polar surface area (TPSA) is 46.2 Å². The van der Waals surface area contributed by atoms with Crippen LogP contribution in [0.2, 0.25) is 0 Å². The molecule has 10 heavy (non-hydrogen) atoms. The van der Waals surface area contributed by atoms with Gasteiger partial charge in [-0.3, -0.25) is 0 Å². The Labute approximate surface area is 62.9 Å². The molecule has 0 unspecified atom stereocenters. The fraction of sp³-hybridized carbons (Fsp3) is 1.00. The molecule has 0 aromatic carbocycles. The van der Waals surface area contributed by atoms with Gasteiger partial charge in [-0.1, -0.05) is 6.92 Å². The smallest absolute Gasteiger partial charge is 0.209 e. The van der Waals surface area contributed by atoms with Crippen LogP contribution >= 0.6 is 0 Å². The number of hydrogen-bond donors (Lipinski definition) is 1. The molecule has 0 aromatic heterocycles. The Kier molecular flexibility index (Phi) is 2.86. The molecule has 0 atom stereocenters. The van der Waals surface area contributed by atoms with Gasteiger partial charge in [-0.05, 0) is 20.3 Å². The largest absolute Gasteiger partial charge is 0.213 e. The number of sulfonamides is 1. The lowest BCUT2D eigenvalue weighted by atomic mass is 10.0. The predicted molar refractivity (Wildman–Crippen MR) is 42.3 cm³/mol. The summed E-state index contributed by atoms with van der Waals surface area (Å²) in [6.07, 6.45) is 1.96. The second kappa shape index (κ2) is 2.88. The molecule has 0 heterocycles. The zero-order chi connectivity index (χ0) is 8.41. The molecule has 0 aliphatic carbocycles. The Hall–Kier alpha value is -0.0900. The van der Waals surface area contributed by atoms with Crippen LogP contribution in [0.5, 0.6) is 0 Å². The maximum Gasteiger partial charge on any atom is 0.209 e. The predicted octanol–water partition coefficient (Wildman–Crippen LogP) is 0.724. The van der Waals surface area contributed by atoms with Crippen LogP contribution in [0, 0.1) is 0 Å². The van der Waals surface area contributed by atoms with Gasteiger partial charge in [-0.2, -0.15) is 0 Å². The Morgan fingerprint density at radius 3 is 1.90 bits per heavy atom. The van der Waals surface area contributed by atoms with E-state index in [4.69, 9.17) is 0 Å². The summed E-state index contributed by atoms with van der Waals surface area (Å²) in [7, 11) is -3.04. The summed E-state index contributed by atoms with van der Waals surface area (Å²) in [5.41, 5.74) is -0.312. The highest BCUT2D eigenvalue weighted by molar-refractivity contribution is 7.88. The van der Waals surface area contributed by atoms with E-state index in [-0.39, 0.29) is 5.54 Å². The van der Waals surface area contributed by atoms with Crippen LogP contribution in [0.3, 0.4) is 0 Å². The summed E-state index contributed by atoms with van der Waals surface area (Å²) in [6.45, 7) is 5.65. The van der Waals surface area contributed by atoms with Crippen molar-refractivity contribution in [2.24, 2.45) is 0 Å². The van der Waals surface area contributed by atoms with Crippen molar-refractivity contribution in [1.29, 1.82) is 0 Å². The third-order valence-corrected chi connectivity index (χ3v) is 2.27. The minimum Gasteiger partial charge on any atom is -0.213 e. The summed E-state index contributed by atoms with van der Waals surface area (Å²) in [5, 5.41) is 0. The average molecular weight is 165 g/mol. The second-order valence-corrected chi connectivity index (χ2v) is 4.86. The Morgan fingerprint density at radius 2 is 1.80 bits per heavy atom. The summed E-state index contributed by atoms with van der Waals surface area (Å²) in [6, 6.07) is 0. The van der Waals surface area contributed by atoms with Crippen LogP contribution in [0.15, 0.2) is 0 Å². The van der Waals surface area contributed by atoms with Crippen LogP contribution in [-0.2, 0) is 10.0 Å². The van der Waals surface area contributed by atoms with Gasteiger partial charge in [0.25, 0.3) is 0 Å². The molecule has 0 aliphatic rings. The van der Waals surface area contributed by atoms with Crippen molar-refractivity contribution in [3.8, 4) is 0 Å². The number of hydrogen-bond acceptors (Lipinski definition) is 2. The van der Waals surface area contributed by atoms with Gasteiger partial charge in [-0.25, -0.2) is 13.1 Å². The zero-order valence-electron chi connectivity index (χ0n) is 6.93. The summed E-state index contributed by atoms with van der Waals surface area (Å²) >= 11 is 0. The van der Waals surface area contributed by atoms with Gasteiger partial charge in [0.2, 0.25) is 10.0 Å². The van der Waals surface area contributed by atoms with Crippen molar-refractivity contribution in [3.05, 3.63) is 0 Å². The van der Waals surface area contributed by atoms with Gasteiger partial charge in [-0.15, -0.1) is 0 Å². The molecule has 1 N–H and O–H groups in total. The zero-order valence-corrected chi connectivity index (χ0v) is 7.75. The van der Waals surface area contributed by atoms with Crippen molar-refractivity contribution < 1.29 is 8.42 Å². The lowest BCUT2D eigenvalue weighted by molar-refractivity contribution is 0.441.